The molecular weight excluding hydrogens is 1340 g/mol. The molecule has 0 aliphatic rings. The SMILES string of the molecule is CCCCCCCCCCCCCCCCCCCCCC(=O)OC[C@H](COP(=O)(O)OC[C@@H](O)COP(=O)(O)OC[C@@H](COC(=O)CCCCCCCCC(C)C)OC(=O)CCCCCCCCCCCCCC(C)C)OC(=O)CCCCCCCCCCCCCCCCCCCCC(C)C. The molecule has 0 aromatic carbocycles. The fourth-order valence-electron chi connectivity index (χ4n) is 13.0. The zero-order chi connectivity index (χ0) is 75.8. The summed E-state index contributed by atoms with van der Waals surface area (Å²) in [4.78, 5) is 73.1. The van der Waals surface area contributed by atoms with Crippen LogP contribution in [0, 0.1) is 17.8 Å². The lowest BCUT2D eigenvalue weighted by Gasteiger charge is -2.21. The Balaban J connectivity index is 5.21. The van der Waals surface area contributed by atoms with Gasteiger partial charge in [0.15, 0.2) is 12.2 Å². The van der Waals surface area contributed by atoms with Crippen LogP contribution in [-0.4, -0.2) is 96.7 Å². The van der Waals surface area contributed by atoms with Crippen molar-refractivity contribution >= 4 is 39.5 Å². The summed E-state index contributed by atoms with van der Waals surface area (Å²) in [5.41, 5.74) is 0. The van der Waals surface area contributed by atoms with E-state index in [0.717, 1.165) is 108 Å². The Morgan fingerprint density at radius 3 is 0.660 bits per heavy atom. The van der Waals surface area contributed by atoms with Gasteiger partial charge >= 0.3 is 39.5 Å². The molecule has 0 amide bonds. The van der Waals surface area contributed by atoms with Gasteiger partial charge in [0.2, 0.25) is 0 Å². The number of phosphoric ester groups is 2. The van der Waals surface area contributed by atoms with Crippen molar-refractivity contribution in [1.29, 1.82) is 0 Å². The van der Waals surface area contributed by atoms with Gasteiger partial charge in [-0.15, -0.1) is 0 Å². The van der Waals surface area contributed by atoms with Crippen molar-refractivity contribution in [1.82, 2.24) is 0 Å². The van der Waals surface area contributed by atoms with E-state index in [1.165, 1.54) is 244 Å². The largest absolute Gasteiger partial charge is 0.472 e. The van der Waals surface area contributed by atoms with Gasteiger partial charge in [-0.05, 0) is 43.4 Å². The number of phosphoric acid groups is 2. The summed E-state index contributed by atoms with van der Waals surface area (Å²) in [6, 6.07) is 0. The van der Waals surface area contributed by atoms with Crippen LogP contribution in [0.5, 0.6) is 0 Å². The van der Waals surface area contributed by atoms with Crippen LogP contribution in [-0.2, 0) is 65.4 Å². The van der Waals surface area contributed by atoms with Crippen LogP contribution in [0.2, 0.25) is 0 Å². The summed E-state index contributed by atoms with van der Waals surface area (Å²) < 4.78 is 68.8. The maximum absolute atomic E-state index is 13.1. The number of carbonyl (C=O) groups excluding carboxylic acids is 4. The van der Waals surface area contributed by atoms with Gasteiger partial charge in [-0.3, -0.25) is 37.3 Å². The van der Waals surface area contributed by atoms with Gasteiger partial charge in [-0.25, -0.2) is 9.13 Å². The zero-order valence-electron chi connectivity index (χ0n) is 67.8. The minimum Gasteiger partial charge on any atom is -0.462 e. The minimum absolute atomic E-state index is 0.105. The Bertz CT molecular complexity index is 1990. The van der Waals surface area contributed by atoms with Crippen LogP contribution in [0.1, 0.15) is 440 Å². The van der Waals surface area contributed by atoms with Crippen molar-refractivity contribution in [2.24, 2.45) is 17.8 Å². The maximum atomic E-state index is 13.1. The molecular formula is C84H164O17P2. The smallest absolute Gasteiger partial charge is 0.462 e. The second kappa shape index (κ2) is 74.2. The van der Waals surface area contributed by atoms with Crippen LogP contribution < -0.4 is 0 Å². The van der Waals surface area contributed by atoms with Crippen LogP contribution in [0.15, 0.2) is 0 Å². The van der Waals surface area contributed by atoms with Gasteiger partial charge in [0.25, 0.3) is 0 Å². The summed E-state index contributed by atoms with van der Waals surface area (Å²) in [5.74, 6) is 0.155. The van der Waals surface area contributed by atoms with Crippen molar-refractivity contribution < 1.29 is 80.2 Å². The average Bonchev–Trinajstić information content (AvgIpc) is 0.923. The summed E-state index contributed by atoms with van der Waals surface area (Å²) in [7, 11) is -9.92. The van der Waals surface area contributed by atoms with Gasteiger partial charge in [-0.1, -0.05) is 389 Å². The molecule has 0 saturated carbocycles. The monoisotopic (exact) mass is 1510 g/mol. The molecule has 0 bridgehead atoms. The molecule has 19 heteroatoms. The molecule has 2 unspecified atom stereocenters. The Kier molecular flexibility index (Phi) is 72.8. The van der Waals surface area contributed by atoms with Crippen LogP contribution >= 0.6 is 15.6 Å². The molecule has 17 nitrogen and oxygen atoms in total. The lowest BCUT2D eigenvalue weighted by Crippen LogP contribution is -2.30. The van der Waals surface area contributed by atoms with Gasteiger partial charge < -0.3 is 33.8 Å². The first-order valence-electron chi connectivity index (χ1n) is 43.3. The molecule has 0 spiro atoms. The highest BCUT2D eigenvalue weighted by molar-refractivity contribution is 7.47. The molecule has 0 rings (SSSR count). The third-order valence-electron chi connectivity index (χ3n) is 19.6. The molecule has 5 atom stereocenters. The van der Waals surface area contributed by atoms with E-state index in [0.29, 0.717) is 31.6 Å². The average molecular weight is 1510 g/mol. The Hall–Kier alpha value is -1.94. The third kappa shape index (κ3) is 78.0. The second-order valence-corrected chi connectivity index (χ2v) is 34.6. The highest BCUT2D eigenvalue weighted by atomic mass is 31.2. The summed E-state index contributed by atoms with van der Waals surface area (Å²) in [6.07, 6.45) is 64.1. The number of hydrogen-bond donors (Lipinski definition) is 3. The predicted molar refractivity (Wildman–Crippen MR) is 423 cm³/mol. The number of carbonyl (C=O) groups is 4. The number of hydrogen-bond acceptors (Lipinski definition) is 15. The highest BCUT2D eigenvalue weighted by Crippen LogP contribution is 2.45. The number of ether oxygens (including phenoxy) is 4. The third-order valence-corrected chi connectivity index (χ3v) is 21.5. The number of esters is 4. The molecule has 0 aliphatic heterocycles. The normalized spacial score (nSPS) is 13.9. The van der Waals surface area contributed by atoms with Crippen molar-refractivity contribution in [3.8, 4) is 0 Å². The van der Waals surface area contributed by atoms with Crippen LogP contribution in [0.4, 0.5) is 0 Å². The first kappa shape index (κ1) is 101. The molecule has 612 valence electrons. The molecule has 0 fully saturated rings. The van der Waals surface area contributed by atoms with E-state index >= 15 is 0 Å². The van der Waals surface area contributed by atoms with Crippen molar-refractivity contribution in [2.45, 2.75) is 458 Å². The molecule has 0 aliphatic carbocycles. The molecule has 0 radical (unpaired) electrons. The number of aliphatic hydroxyl groups is 1. The number of aliphatic hydroxyl groups excluding tert-OH is 1. The van der Waals surface area contributed by atoms with E-state index < -0.39 is 97.5 Å². The van der Waals surface area contributed by atoms with Crippen molar-refractivity contribution in [3.63, 3.8) is 0 Å². The number of rotatable bonds is 82. The predicted octanol–water partition coefficient (Wildman–Crippen LogP) is 25.3. The first-order chi connectivity index (χ1) is 49.7. The minimum atomic E-state index is -4.96. The highest BCUT2D eigenvalue weighted by Gasteiger charge is 2.30. The Morgan fingerprint density at radius 2 is 0.447 bits per heavy atom. The Morgan fingerprint density at radius 1 is 0.262 bits per heavy atom. The van der Waals surface area contributed by atoms with E-state index in [1.807, 2.05) is 0 Å². The lowest BCUT2D eigenvalue weighted by atomic mass is 10.0. The summed E-state index contributed by atoms with van der Waals surface area (Å²) in [6.45, 7) is 11.9. The van der Waals surface area contributed by atoms with Gasteiger partial charge in [0.1, 0.15) is 19.3 Å². The summed E-state index contributed by atoms with van der Waals surface area (Å²) in [5, 5.41) is 10.7. The van der Waals surface area contributed by atoms with Gasteiger partial charge in [-0.2, -0.15) is 0 Å². The van der Waals surface area contributed by atoms with Crippen LogP contribution in [0.25, 0.3) is 0 Å². The number of unbranched alkanes of at least 4 members (excludes halogenated alkanes) is 50. The van der Waals surface area contributed by atoms with Crippen LogP contribution in [0.3, 0.4) is 0 Å². The Labute approximate surface area is 632 Å². The second-order valence-electron chi connectivity index (χ2n) is 31.6. The molecule has 103 heavy (non-hydrogen) atoms. The molecule has 0 aromatic heterocycles. The van der Waals surface area contributed by atoms with Crippen molar-refractivity contribution in [2.75, 3.05) is 39.6 Å². The molecule has 0 saturated heterocycles. The van der Waals surface area contributed by atoms with Gasteiger partial charge in [0, 0.05) is 25.7 Å². The molecule has 0 heterocycles. The van der Waals surface area contributed by atoms with E-state index in [9.17, 15) is 43.2 Å². The van der Waals surface area contributed by atoms with E-state index in [-0.39, 0.29) is 25.7 Å². The maximum Gasteiger partial charge on any atom is 0.472 e. The zero-order valence-corrected chi connectivity index (χ0v) is 69.6. The summed E-state index contributed by atoms with van der Waals surface area (Å²) >= 11 is 0. The molecule has 0 aromatic rings. The van der Waals surface area contributed by atoms with E-state index in [2.05, 4.69) is 48.5 Å². The van der Waals surface area contributed by atoms with Crippen molar-refractivity contribution in [3.05, 3.63) is 0 Å². The molecule has 3 N–H and O–H groups in total. The topological polar surface area (TPSA) is 237 Å². The fourth-order valence-corrected chi connectivity index (χ4v) is 14.6. The quantitative estimate of drug-likeness (QED) is 0.0222. The first-order valence-corrected chi connectivity index (χ1v) is 46.3. The van der Waals surface area contributed by atoms with E-state index in [1.54, 1.807) is 0 Å². The van der Waals surface area contributed by atoms with E-state index in [4.69, 9.17) is 37.0 Å². The lowest BCUT2D eigenvalue weighted by molar-refractivity contribution is -0.161. The standard InChI is InChI=1S/C84H164O17P2/c1-8-9-10-11-12-13-14-15-16-17-18-22-25-28-33-38-43-51-58-65-81(86)94-71-79(100-83(88)67-60-53-44-39-34-29-26-23-20-19-21-24-27-31-36-41-48-55-62-75(2)3)73-98-102(90,91)96-69-78(85)70-97-103(92,93)99-74-80(72-95-82(87)66-59-52-47-46-50-57-64-77(6)7)101-84(89)68-61-54-45-40-35-30-32-37-42-49-56-63-76(4)5/h75-80,85H,8-74H2,1-7H3,(H,90,91)(H,92,93)/t78-,79-,80-/m1/s1. The van der Waals surface area contributed by atoms with Gasteiger partial charge in [0.05, 0.1) is 26.4 Å². The fraction of sp³-hybridized carbons (Fsp3) is 0.952.